The standard InChI is InChI=1S/C18H18N6O3/c1-27-16-5-3-2-4-14(16)15-8-9-20-18(23-15)21-11-10-19-17-7-6-13(12-22-17)24(25)26/h2-9,12H,10-11H2,1H3,(H,19,22)(H,20,21,23). The molecule has 0 spiro atoms. The van der Waals surface area contributed by atoms with Gasteiger partial charge in [-0.25, -0.2) is 15.0 Å². The van der Waals surface area contributed by atoms with Crippen molar-refractivity contribution in [3.8, 4) is 17.0 Å². The predicted octanol–water partition coefficient (Wildman–Crippen LogP) is 2.98. The van der Waals surface area contributed by atoms with Crippen molar-refractivity contribution in [2.75, 3.05) is 30.8 Å². The molecule has 0 saturated heterocycles. The Balaban J connectivity index is 1.56. The van der Waals surface area contributed by atoms with E-state index in [0.29, 0.717) is 24.9 Å². The number of anilines is 2. The third kappa shape index (κ3) is 4.66. The van der Waals surface area contributed by atoms with E-state index >= 15 is 0 Å². The SMILES string of the molecule is COc1ccccc1-c1ccnc(NCCNc2ccc([N+](=O)[O-])cn2)n1. The van der Waals surface area contributed by atoms with E-state index in [9.17, 15) is 10.1 Å². The summed E-state index contributed by atoms with van der Waals surface area (Å²) in [4.78, 5) is 22.8. The van der Waals surface area contributed by atoms with Crippen LogP contribution in [0, 0.1) is 10.1 Å². The van der Waals surface area contributed by atoms with Crippen molar-refractivity contribution in [2.45, 2.75) is 0 Å². The van der Waals surface area contributed by atoms with Crippen molar-refractivity contribution < 1.29 is 9.66 Å². The van der Waals surface area contributed by atoms with Gasteiger partial charge in [0.25, 0.3) is 5.69 Å². The smallest absolute Gasteiger partial charge is 0.287 e. The van der Waals surface area contributed by atoms with Crippen LogP contribution in [0.25, 0.3) is 11.3 Å². The molecule has 3 aromatic rings. The molecule has 0 unspecified atom stereocenters. The summed E-state index contributed by atoms with van der Waals surface area (Å²) in [5.74, 6) is 1.80. The molecule has 2 N–H and O–H groups in total. The number of ether oxygens (including phenoxy) is 1. The van der Waals surface area contributed by atoms with Gasteiger partial charge < -0.3 is 15.4 Å². The van der Waals surface area contributed by atoms with E-state index in [-0.39, 0.29) is 5.69 Å². The van der Waals surface area contributed by atoms with Gasteiger partial charge in [-0.2, -0.15) is 0 Å². The topological polar surface area (TPSA) is 115 Å². The second kappa shape index (κ2) is 8.56. The van der Waals surface area contributed by atoms with Crippen molar-refractivity contribution in [2.24, 2.45) is 0 Å². The Morgan fingerprint density at radius 3 is 2.63 bits per heavy atom. The third-order valence-corrected chi connectivity index (χ3v) is 3.71. The fraction of sp³-hybridized carbons (Fsp3) is 0.167. The average Bonchev–Trinajstić information content (AvgIpc) is 2.71. The van der Waals surface area contributed by atoms with Gasteiger partial charge in [0.15, 0.2) is 0 Å². The summed E-state index contributed by atoms with van der Waals surface area (Å²) in [5.41, 5.74) is 1.61. The molecule has 2 aromatic heterocycles. The maximum atomic E-state index is 10.6. The van der Waals surface area contributed by atoms with E-state index in [1.807, 2.05) is 30.3 Å². The number of para-hydroxylation sites is 1. The van der Waals surface area contributed by atoms with Crippen molar-refractivity contribution in [3.05, 3.63) is 65.0 Å². The van der Waals surface area contributed by atoms with Crippen LogP contribution in [0.4, 0.5) is 17.5 Å². The van der Waals surface area contributed by atoms with Gasteiger partial charge in [-0.1, -0.05) is 12.1 Å². The first-order valence-electron chi connectivity index (χ1n) is 8.22. The molecule has 0 amide bonds. The lowest BCUT2D eigenvalue weighted by molar-refractivity contribution is -0.385. The molecule has 2 heterocycles. The molecule has 9 nitrogen and oxygen atoms in total. The highest BCUT2D eigenvalue weighted by Crippen LogP contribution is 2.28. The summed E-state index contributed by atoms with van der Waals surface area (Å²) in [7, 11) is 1.62. The first-order valence-corrected chi connectivity index (χ1v) is 8.22. The number of pyridine rings is 1. The minimum absolute atomic E-state index is 0.0415. The van der Waals surface area contributed by atoms with Crippen LogP contribution >= 0.6 is 0 Å². The molecule has 0 atom stereocenters. The van der Waals surface area contributed by atoms with Crippen LogP contribution < -0.4 is 15.4 Å². The number of aromatic nitrogens is 3. The van der Waals surface area contributed by atoms with Crippen LogP contribution in [0.2, 0.25) is 0 Å². The van der Waals surface area contributed by atoms with E-state index in [0.717, 1.165) is 17.0 Å². The average molecular weight is 366 g/mol. The minimum atomic E-state index is -0.482. The Kier molecular flexibility index (Phi) is 5.73. The summed E-state index contributed by atoms with van der Waals surface area (Å²) < 4.78 is 5.37. The molecule has 0 bridgehead atoms. The van der Waals surface area contributed by atoms with Gasteiger partial charge in [-0.15, -0.1) is 0 Å². The molecular weight excluding hydrogens is 348 g/mol. The van der Waals surface area contributed by atoms with Gasteiger partial charge in [0.05, 0.1) is 17.7 Å². The predicted molar refractivity (Wildman–Crippen MR) is 102 cm³/mol. The summed E-state index contributed by atoms with van der Waals surface area (Å²) in [6.07, 6.45) is 2.90. The Morgan fingerprint density at radius 2 is 1.89 bits per heavy atom. The molecule has 0 aliphatic heterocycles. The van der Waals surface area contributed by atoms with E-state index in [1.54, 1.807) is 19.4 Å². The number of rotatable bonds is 8. The van der Waals surface area contributed by atoms with E-state index in [2.05, 4.69) is 25.6 Å². The summed E-state index contributed by atoms with van der Waals surface area (Å²) in [6.45, 7) is 1.10. The van der Waals surface area contributed by atoms with Gasteiger partial charge in [-0.05, 0) is 24.3 Å². The maximum absolute atomic E-state index is 10.6. The lowest BCUT2D eigenvalue weighted by Gasteiger charge is -2.10. The van der Waals surface area contributed by atoms with Gasteiger partial charge in [-0.3, -0.25) is 10.1 Å². The summed E-state index contributed by atoms with van der Waals surface area (Å²) >= 11 is 0. The first-order chi connectivity index (χ1) is 13.2. The number of hydrogen-bond donors (Lipinski definition) is 2. The lowest BCUT2D eigenvalue weighted by atomic mass is 10.1. The molecular formula is C18H18N6O3. The number of nitrogens with zero attached hydrogens (tertiary/aromatic N) is 4. The molecule has 138 valence electrons. The number of nitro groups is 1. The lowest BCUT2D eigenvalue weighted by Crippen LogP contribution is -2.15. The van der Waals surface area contributed by atoms with Crippen LogP contribution in [0.1, 0.15) is 0 Å². The zero-order valence-corrected chi connectivity index (χ0v) is 14.6. The number of hydrogen-bond acceptors (Lipinski definition) is 8. The molecule has 9 heteroatoms. The molecule has 27 heavy (non-hydrogen) atoms. The minimum Gasteiger partial charge on any atom is -0.496 e. The van der Waals surface area contributed by atoms with Crippen molar-refractivity contribution in [1.82, 2.24) is 15.0 Å². The highest BCUT2D eigenvalue weighted by molar-refractivity contribution is 5.67. The van der Waals surface area contributed by atoms with E-state index in [4.69, 9.17) is 4.74 Å². The molecule has 0 saturated carbocycles. The Morgan fingerprint density at radius 1 is 1.07 bits per heavy atom. The van der Waals surface area contributed by atoms with Crippen LogP contribution in [-0.2, 0) is 0 Å². The molecule has 0 aliphatic rings. The molecule has 1 aromatic carbocycles. The third-order valence-electron chi connectivity index (χ3n) is 3.71. The fourth-order valence-electron chi connectivity index (χ4n) is 2.41. The quantitative estimate of drug-likeness (QED) is 0.355. The van der Waals surface area contributed by atoms with Gasteiger partial charge >= 0.3 is 0 Å². The molecule has 0 aliphatic carbocycles. The number of benzene rings is 1. The van der Waals surface area contributed by atoms with Gasteiger partial charge in [0, 0.05) is 30.9 Å². The van der Waals surface area contributed by atoms with Crippen molar-refractivity contribution in [3.63, 3.8) is 0 Å². The van der Waals surface area contributed by atoms with E-state index < -0.39 is 4.92 Å². The second-order valence-electron chi connectivity index (χ2n) is 5.48. The van der Waals surface area contributed by atoms with Crippen molar-refractivity contribution in [1.29, 1.82) is 0 Å². The summed E-state index contributed by atoms with van der Waals surface area (Å²) in [6, 6.07) is 12.4. The number of methoxy groups -OCH3 is 1. The highest BCUT2D eigenvalue weighted by atomic mass is 16.6. The largest absolute Gasteiger partial charge is 0.496 e. The fourth-order valence-corrected chi connectivity index (χ4v) is 2.41. The van der Waals surface area contributed by atoms with Crippen LogP contribution in [0.15, 0.2) is 54.9 Å². The zero-order chi connectivity index (χ0) is 19.1. The van der Waals surface area contributed by atoms with Crippen LogP contribution in [0.5, 0.6) is 5.75 Å². The number of nitrogens with one attached hydrogen (secondary N) is 2. The molecule has 3 rings (SSSR count). The normalized spacial score (nSPS) is 10.3. The van der Waals surface area contributed by atoms with Crippen molar-refractivity contribution >= 4 is 17.5 Å². The molecule has 0 radical (unpaired) electrons. The zero-order valence-electron chi connectivity index (χ0n) is 14.6. The van der Waals surface area contributed by atoms with Crippen LogP contribution in [0.3, 0.4) is 0 Å². The van der Waals surface area contributed by atoms with Gasteiger partial charge in [0.1, 0.15) is 17.8 Å². The van der Waals surface area contributed by atoms with Crippen LogP contribution in [-0.4, -0.2) is 40.1 Å². The van der Waals surface area contributed by atoms with E-state index in [1.165, 1.54) is 12.3 Å². The Hall–Kier alpha value is -3.75. The Labute approximate surface area is 155 Å². The maximum Gasteiger partial charge on any atom is 0.287 e. The summed E-state index contributed by atoms with van der Waals surface area (Å²) in [5, 5.41) is 16.8. The second-order valence-corrected chi connectivity index (χ2v) is 5.48. The monoisotopic (exact) mass is 366 g/mol. The Bertz CT molecular complexity index is 917. The first kappa shape index (κ1) is 18.1. The highest BCUT2D eigenvalue weighted by Gasteiger charge is 2.08. The van der Waals surface area contributed by atoms with Gasteiger partial charge in [0.2, 0.25) is 5.95 Å². The molecule has 0 fully saturated rings.